The minimum Gasteiger partial charge on any atom is -0.356 e. The quantitative estimate of drug-likeness (QED) is 0.809. The molecule has 0 atom stereocenters. The van der Waals surface area contributed by atoms with Crippen molar-refractivity contribution in [2.45, 2.75) is 25.8 Å². The Labute approximate surface area is 150 Å². The van der Waals surface area contributed by atoms with E-state index >= 15 is 0 Å². The summed E-state index contributed by atoms with van der Waals surface area (Å²) in [5.74, 6) is 1.04. The van der Waals surface area contributed by atoms with E-state index in [2.05, 4.69) is 37.8 Å². The smallest absolute Gasteiger partial charge is 0.254 e. The van der Waals surface area contributed by atoms with Gasteiger partial charge in [0.2, 0.25) is 0 Å². The summed E-state index contributed by atoms with van der Waals surface area (Å²) in [6, 6.07) is 9.99. The molecule has 1 aliphatic heterocycles. The van der Waals surface area contributed by atoms with Crippen molar-refractivity contribution in [2.75, 3.05) is 25.0 Å². The van der Waals surface area contributed by atoms with E-state index < -0.39 is 0 Å². The number of carbonyl (C=O) groups excluding carboxylic acids is 1. The number of aromatic nitrogens is 2. The Bertz CT molecular complexity index is 728. The first-order valence-corrected chi connectivity index (χ1v) is 8.91. The number of amides is 1. The second kappa shape index (κ2) is 7.30. The van der Waals surface area contributed by atoms with Crippen LogP contribution in [-0.2, 0) is 0 Å². The molecule has 0 unspecified atom stereocenters. The molecule has 0 radical (unpaired) electrons. The first-order chi connectivity index (χ1) is 11.6. The highest BCUT2D eigenvalue weighted by Crippen LogP contribution is 2.23. The van der Waals surface area contributed by atoms with Crippen molar-refractivity contribution >= 4 is 27.7 Å². The molecular formula is C18H21BrN4O. The van der Waals surface area contributed by atoms with Crippen molar-refractivity contribution in [3.05, 3.63) is 52.4 Å². The van der Waals surface area contributed by atoms with Crippen LogP contribution in [0.15, 0.2) is 41.1 Å². The van der Waals surface area contributed by atoms with Gasteiger partial charge in [0.15, 0.2) is 0 Å². The average Bonchev–Trinajstić information content (AvgIpc) is 2.61. The maximum Gasteiger partial charge on any atom is 0.254 e. The van der Waals surface area contributed by atoms with Crippen molar-refractivity contribution in [1.29, 1.82) is 0 Å². The van der Waals surface area contributed by atoms with Gasteiger partial charge < -0.3 is 9.80 Å². The van der Waals surface area contributed by atoms with Crippen molar-refractivity contribution in [3.63, 3.8) is 0 Å². The fourth-order valence-corrected chi connectivity index (χ4v) is 3.54. The third-order valence-corrected chi connectivity index (χ3v) is 5.25. The number of hydrogen-bond acceptors (Lipinski definition) is 4. The van der Waals surface area contributed by atoms with Crippen molar-refractivity contribution in [2.24, 2.45) is 0 Å². The number of hydrogen-bond donors (Lipinski definition) is 0. The molecule has 126 valence electrons. The van der Waals surface area contributed by atoms with E-state index in [4.69, 9.17) is 0 Å². The Morgan fingerprint density at radius 2 is 1.96 bits per heavy atom. The van der Waals surface area contributed by atoms with Gasteiger partial charge in [-0.05, 0) is 47.8 Å². The SMILES string of the molecule is Cc1cc(N(C)C2CCN(C(=O)c3ccccc3Br)CC2)ncn1. The zero-order valence-corrected chi connectivity index (χ0v) is 15.5. The fraction of sp³-hybridized carbons (Fsp3) is 0.389. The van der Waals surface area contributed by atoms with Gasteiger partial charge in [-0.3, -0.25) is 4.79 Å². The summed E-state index contributed by atoms with van der Waals surface area (Å²) in [6.45, 7) is 3.50. The highest BCUT2D eigenvalue weighted by molar-refractivity contribution is 9.10. The molecule has 1 aromatic carbocycles. The van der Waals surface area contributed by atoms with E-state index in [1.54, 1.807) is 6.33 Å². The lowest BCUT2D eigenvalue weighted by Crippen LogP contribution is -2.46. The van der Waals surface area contributed by atoms with Crippen LogP contribution in [-0.4, -0.2) is 47.0 Å². The first kappa shape index (κ1) is 16.9. The second-order valence-electron chi connectivity index (χ2n) is 6.13. The molecule has 1 aliphatic rings. The Hall–Kier alpha value is -1.95. The van der Waals surface area contributed by atoms with Gasteiger partial charge in [-0.15, -0.1) is 0 Å². The third-order valence-electron chi connectivity index (χ3n) is 4.55. The van der Waals surface area contributed by atoms with E-state index in [1.807, 2.05) is 42.2 Å². The summed E-state index contributed by atoms with van der Waals surface area (Å²) in [7, 11) is 2.07. The van der Waals surface area contributed by atoms with Gasteiger partial charge in [0.05, 0.1) is 5.56 Å². The Kier molecular flexibility index (Phi) is 5.14. The minimum absolute atomic E-state index is 0.0986. The number of piperidine rings is 1. The molecule has 3 rings (SSSR count). The number of benzene rings is 1. The van der Waals surface area contributed by atoms with Gasteiger partial charge in [-0.1, -0.05) is 12.1 Å². The predicted molar refractivity (Wildman–Crippen MR) is 98.2 cm³/mol. The summed E-state index contributed by atoms with van der Waals surface area (Å²) in [5.41, 5.74) is 1.70. The zero-order valence-electron chi connectivity index (χ0n) is 13.9. The number of anilines is 1. The van der Waals surface area contributed by atoms with Crippen molar-refractivity contribution in [1.82, 2.24) is 14.9 Å². The predicted octanol–water partition coefficient (Wildman–Crippen LogP) is 3.29. The van der Waals surface area contributed by atoms with E-state index in [1.165, 1.54) is 0 Å². The lowest BCUT2D eigenvalue weighted by Gasteiger charge is -2.37. The van der Waals surface area contributed by atoms with Crippen LogP contribution in [0, 0.1) is 6.92 Å². The summed E-state index contributed by atoms with van der Waals surface area (Å²) >= 11 is 3.47. The molecule has 2 heterocycles. The molecule has 24 heavy (non-hydrogen) atoms. The Morgan fingerprint density at radius 3 is 2.62 bits per heavy atom. The first-order valence-electron chi connectivity index (χ1n) is 8.11. The summed E-state index contributed by atoms with van der Waals surface area (Å²) in [6.07, 6.45) is 3.48. The van der Waals surface area contributed by atoms with Crippen LogP contribution < -0.4 is 4.90 Å². The summed E-state index contributed by atoms with van der Waals surface area (Å²) < 4.78 is 0.853. The number of halogens is 1. The van der Waals surface area contributed by atoms with Crippen LogP contribution in [0.2, 0.25) is 0 Å². The van der Waals surface area contributed by atoms with Gasteiger partial charge in [-0.2, -0.15) is 0 Å². The highest BCUT2D eigenvalue weighted by atomic mass is 79.9. The molecule has 0 aliphatic carbocycles. The Morgan fingerprint density at radius 1 is 1.25 bits per heavy atom. The molecule has 5 nitrogen and oxygen atoms in total. The van der Waals surface area contributed by atoms with Gasteiger partial charge in [-0.25, -0.2) is 9.97 Å². The molecule has 1 aromatic heterocycles. The van der Waals surface area contributed by atoms with Gasteiger partial charge in [0.1, 0.15) is 12.1 Å². The summed E-state index contributed by atoms with van der Waals surface area (Å²) in [5, 5.41) is 0. The normalized spacial score (nSPS) is 15.4. The van der Waals surface area contributed by atoms with Crippen LogP contribution in [0.25, 0.3) is 0 Å². The molecule has 0 N–H and O–H groups in total. The molecule has 1 amide bonds. The third kappa shape index (κ3) is 3.59. The number of carbonyl (C=O) groups is 1. The number of aryl methyl sites for hydroxylation is 1. The van der Waals surface area contributed by atoms with Crippen LogP contribution in [0.1, 0.15) is 28.9 Å². The molecule has 0 saturated carbocycles. The number of nitrogens with zero attached hydrogens (tertiary/aromatic N) is 4. The molecular weight excluding hydrogens is 368 g/mol. The minimum atomic E-state index is 0.0986. The largest absolute Gasteiger partial charge is 0.356 e. The van der Waals surface area contributed by atoms with Gasteiger partial charge >= 0.3 is 0 Å². The second-order valence-corrected chi connectivity index (χ2v) is 6.99. The molecule has 2 aromatic rings. The van der Waals surface area contributed by atoms with E-state index in [-0.39, 0.29) is 5.91 Å². The lowest BCUT2D eigenvalue weighted by atomic mass is 10.0. The van der Waals surface area contributed by atoms with Gasteiger partial charge in [0.25, 0.3) is 5.91 Å². The molecule has 1 saturated heterocycles. The average molecular weight is 389 g/mol. The lowest BCUT2D eigenvalue weighted by molar-refractivity contribution is 0.0712. The fourth-order valence-electron chi connectivity index (χ4n) is 3.08. The number of likely N-dealkylation sites (tertiary alicyclic amines) is 1. The molecule has 0 bridgehead atoms. The van der Waals surface area contributed by atoms with E-state index in [9.17, 15) is 4.79 Å². The van der Waals surface area contributed by atoms with Crippen LogP contribution in [0.4, 0.5) is 5.82 Å². The monoisotopic (exact) mass is 388 g/mol. The number of rotatable bonds is 3. The standard InChI is InChI=1S/C18H21BrN4O/c1-13-11-17(21-12-20-13)22(2)14-7-9-23(10-8-14)18(24)15-5-3-4-6-16(15)19/h3-6,11-12,14H,7-10H2,1-2H3. The van der Waals surface area contributed by atoms with Crippen LogP contribution in [0.3, 0.4) is 0 Å². The van der Waals surface area contributed by atoms with Crippen LogP contribution >= 0.6 is 15.9 Å². The van der Waals surface area contributed by atoms with Crippen molar-refractivity contribution in [3.8, 4) is 0 Å². The maximum atomic E-state index is 12.7. The highest BCUT2D eigenvalue weighted by Gasteiger charge is 2.27. The molecule has 6 heteroatoms. The molecule has 1 fully saturated rings. The molecule has 0 spiro atoms. The van der Waals surface area contributed by atoms with Crippen molar-refractivity contribution < 1.29 is 4.79 Å². The Balaban J connectivity index is 1.63. The topological polar surface area (TPSA) is 49.3 Å². The summed E-state index contributed by atoms with van der Waals surface area (Å²) in [4.78, 5) is 25.3. The van der Waals surface area contributed by atoms with E-state index in [0.29, 0.717) is 6.04 Å². The van der Waals surface area contributed by atoms with E-state index in [0.717, 1.165) is 47.5 Å². The van der Waals surface area contributed by atoms with Gasteiger partial charge in [0, 0.05) is 42.4 Å². The van der Waals surface area contributed by atoms with Crippen LogP contribution in [0.5, 0.6) is 0 Å². The maximum absolute atomic E-state index is 12.7. The zero-order chi connectivity index (χ0) is 17.1.